The molecule has 0 radical (unpaired) electrons. The predicted octanol–water partition coefficient (Wildman–Crippen LogP) is 4.76. The summed E-state index contributed by atoms with van der Waals surface area (Å²) in [7, 11) is 0. The molecule has 2 aromatic heterocycles. The van der Waals surface area contributed by atoms with E-state index in [-0.39, 0.29) is 6.61 Å². The minimum atomic E-state index is 0.268. The first-order valence-corrected chi connectivity index (χ1v) is 11.3. The average molecular weight is 400 g/mol. The molecule has 0 aliphatic rings. The van der Waals surface area contributed by atoms with Crippen LogP contribution in [-0.4, -0.2) is 38.9 Å². The van der Waals surface area contributed by atoms with Crippen molar-refractivity contribution in [2.24, 2.45) is 0 Å². The molecule has 142 valence electrons. The van der Waals surface area contributed by atoms with Gasteiger partial charge in [-0.05, 0) is 48.6 Å². The van der Waals surface area contributed by atoms with Crippen molar-refractivity contribution in [3.63, 3.8) is 0 Å². The molecule has 0 saturated heterocycles. The van der Waals surface area contributed by atoms with Crippen LogP contribution in [0.3, 0.4) is 0 Å². The molecule has 6 heteroatoms. The number of hydrogen-bond donors (Lipinski definition) is 2. The summed E-state index contributed by atoms with van der Waals surface area (Å²) in [5.41, 5.74) is 4.33. The second kappa shape index (κ2) is 10.5. The Balaban J connectivity index is 1.56. The van der Waals surface area contributed by atoms with Gasteiger partial charge in [0.15, 0.2) is 0 Å². The molecule has 2 heterocycles. The summed E-state index contributed by atoms with van der Waals surface area (Å²) in [6.45, 7) is 3.10. The van der Waals surface area contributed by atoms with Crippen LogP contribution in [0.25, 0.3) is 10.9 Å². The van der Waals surface area contributed by atoms with Gasteiger partial charge < -0.3 is 10.4 Å². The molecule has 3 rings (SSSR count). The summed E-state index contributed by atoms with van der Waals surface area (Å²) in [6, 6.07) is 12.4. The summed E-state index contributed by atoms with van der Waals surface area (Å²) in [5, 5.41) is 13.4. The number of rotatable bonds is 10. The first-order valence-electron chi connectivity index (χ1n) is 9.12. The largest absolute Gasteiger partial charge is 0.396 e. The fourth-order valence-corrected chi connectivity index (χ4v) is 4.62. The van der Waals surface area contributed by atoms with Gasteiger partial charge >= 0.3 is 0 Å². The smallest absolute Gasteiger partial charge is 0.0703 e. The van der Waals surface area contributed by atoms with E-state index in [4.69, 9.17) is 5.11 Å². The van der Waals surface area contributed by atoms with E-state index in [0.717, 1.165) is 46.0 Å². The second-order valence-electron chi connectivity index (χ2n) is 6.19. The second-order valence-corrected chi connectivity index (χ2v) is 8.55. The zero-order valence-electron chi connectivity index (χ0n) is 15.5. The van der Waals surface area contributed by atoms with E-state index in [1.165, 1.54) is 10.5 Å². The van der Waals surface area contributed by atoms with Crippen LogP contribution in [0.5, 0.6) is 0 Å². The number of nitrogens with zero attached hydrogens (tertiary/aromatic N) is 2. The minimum absolute atomic E-state index is 0.268. The molecule has 3 aromatic rings. The average Bonchev–Trinajstić information content (AvgIpc) is 2.70. The molecule has 0 unspecified atom stereocenters. The number of aliphatic hydroxyl groups excluding tert-OH is 1. The summed E-state index contributed by atoms with van der Waals surface area (Å²) >= 11 is 3.70. The molecule has 1 aromatic carbocycles. The highest BCUT2D eigenvalue weighted by Crippen LogP contribution is 2.25. The van der Waals surface area contributed by atoms with E-state index in [1.807, 2.05) is 54.1 Å². The summed E-state index contributed by atoms with van der Waals surface area (Å²) in [5.74, 6) is 3.02. The van der Waals surface area contributed by atoms with Crippen LogP contribution >= 0.6 is 23.5 Å². The van der Waals surface area contributed by atoms with E-state index in [9.17, 15) is 0 Å². The fourth-order valence-electron chi connectivity index (χ4n) is 2.76. The van der Waals surface area contributed by atoms with Crippen molar-refractivity contribution < 1.29 is 5.11 Å². The highest BCUT2D eigenvalue weighted by Gasteiger charge is 2.07. The zero-order chi connectivity index (χ0) is 18.9. The Kier molecular flexibility index (Phi) is 7.80. The molecule has 0 spiro atoms. The normalized spacial score (nSPS) is 11.0. The van der Waals surface area contributed by atoms with Gasteiger partial charge in [-0.3, -0.25) is 9.97 Å². The summed E-state index contributed by atoms with van der Waals surface area (Å²) in [4.78, 5) is 10.4. The lowest BCUT2D eigenvalue weighted by molar-refractivity contribution is 0.322. The molecular formula is C21H25N3OS2. The van der Waals surface area contributed by atoms with Gasteiger partial charge in [0.05, 0.1) is 36.2 Å². The van der Waals surface area contributed by atoms with Gasteiger partial charge in [0.25, 0.3) is 0 Å². The summed E-state index contributed by atoms with van der Waals surface area (Å²) < 4.78 is 0. The quantitative estimate of drug-likeness (QED) is 0.379. The van der Waals surface area contributed by atoms with Crippen molar-refractivity contribution >= 4 is 40.1 Å². The Labute approximate surface area is 169 Å². The zero-order valence-corrected chi connectivity index (χ0v) is 17.2. The highest BCUT2D eigenvalue weighted by atomic mass is 32.2. The van der Waals surface area contributed by atoms with Crippen molar-refractivity contribution in [3.8, 4) is 0 Å². The van der Waals surface area contributed by atoms with Crippen molar-refractivity contribution in [2.75, 3.05) is 29.2 Å². The Bertz CT molecular complexity index is 873. The predicted molar refractivity (Wildman–Crippen MR) is 118 cm³/mol. The van der Waals surface area contributed by atoms with E-state index in [2.05, 4.69) is 40.4 Å². The van der Waals surface area contributed by atoms with Crippen LogP contribution in [0.2, 0.25) is 0 Å². The van der Waals surface area contributed by atoms with Crippen LogP contribution in [0, 0.1) is 6.92 Å². The van der Waals surface area contributed by atoms with E-state index >= 15 is 0 Å². The Morgan fingerprint density at radius 3 is 2.85 bits per heavy atom. The number of pyridine rings is 2. The van der Waals surface area contributed by atoms with Crippen LogP contribution < -0.4 is 5.32 Å². The topological polar surface area (TPSA) is 58.0 Å². The fraction of sp³-hybridized carbons (Fsp3) is 0.333. The van der Waals surface area contributed by atoms with Crippen LogP contribution in [0.4, 0.5) is 5.69 Å². The third kappa shape index (κ3) is 5.86. The lowest BCUT2D eigenvalue weighted by Crippen LogP contribution is -2.05. The first-order chi connectivity index (χ1) is 13.3. The maximum Gasteiger partial charge on any atom is 0.0703 e. The Hall–Kier alpha value is -1.76. The molecule has 0 fully saturated rings. The molecule has 27 heavy (non-hydrogen) atoms. The maximum absolute atomic E-state index is 8.81. The number of nitrogens with one attached hydrogen (secondary N) is 1. The van der Waals surface area contributed by atoms with Crippen molar-refractivity contribution in [1.82, 2.24) is 9.97 Å². The van der Waals surface area contributed by atoms with E-state index in [0.29, 0.717) is 6.54 Å². The molecule has 0 aliphatic heterocycles. The molecule has 2 N–H and O–H groups in total. The first kappa shape index (κ1) is 20.0. The lowest BCUT2D eigenvalue weighted by Gasteiger charge is -2.12. The van der Waals surface area contributed by atoms with Gasteiger partial charge in [-0.15, -0.1) is 11.8 Å². The number of fused-ring (bicyclic) bond motifs is 1. The van der Waals surface area contributed by atoms with Gasteiger partial charge in [0, 0.05) is 22.2 Å². The number of para-hydroxylation sites is 1. The van der Waals surface area contributed by atoms with Gasteiger partial charge in [-0.1, -0.05) is 18.2 Å². The number of hydrogen-bond acceptors (Lipinski definition) is 6. The van der Waals surface area contributed by atoms with Gasteiger partial charge in [-0.2, -0.15) is 11.8 Å². The number of thioether (sulfide) groups is 2. The minimum Gasteiger partial charge on any atom is -0.396 e. The third-order valence-corrected chi connectivity index (χ3v) is 6.53. The monoisotopic (exact) mass is 399 g/mol. The lowest BCUT2D eigenvalue weighted by atomic mass is 10.2. The van der Waals surface area contributed by atoms with E-state index in [1.54, 1.807) is 0 Å². The van der Waals surface area contributed by atoms with Crippen molar-refractivity contribution in [2.45, 2.75) is 24.8 Å². The van der Waals surface area contributed by atoms with E-state index < -0.39 is 0 Å². The molecule has 0 atom stereocenters. The molecule has 0 aliphatic carbocycles. The van der Waals surface area contributed by atoms with Gasteiger partial charge in [-0.25, -0.2) is 0 Å². The molecule has 0 saturated carbocycles. The Morgan fingerprint density at radius 2 is 1.96 bits per heavy atom. The molecule has 0 bridgehead atoms. The number of anilines is 1. The number of aromatic nitrogens is 2. The van der Waals surface area contributed by atoms with Gasteiger partial charge in [0.2, 0.25) is 0 Å². The van der Waals surface area contributed by atoms with Gasteiger partial charge in [0.1, 0.15) is 0 Å². The SMILES string of the molecule is Cc1c(SCCCSCCO)ccnc1CNc1cnc2ccccc2c1. The molecule has 0 amide bonds. The number of benzene rings is 1. The van der Waals surface area contributed by atoms with Crippen LogP contribution in [0.1, 0.15) is 17.7 Å². The van der Waals surface area contributed by atoms with Crippen LogP contribution in [0.15, 0.2) is 53.7 Å². The summed E-state index contributed by atoms with van der Waals surface area (Å²) in [6.07, 6.45) is 4.92. The standard InChI is InChI=1S/C21H25N3OS2/c1-16-20(22-8-7-21(16)27-11-4-10-26-12-9-25)15-23-18-13-17-5-2-3-6-19(17)24-14-18/h2-3,5-8,13-14,23,25H,4,9-12,15H2,1H3. The van der Waals surface area contributed by atoms with Crippen molar-refractivity contribution in [3.05, 3.63) is 60.0 Å². The number of aliphatic hydroxyl groups is 1. The maximum atomic E-state index is 8.81. The van der Waals surface area contributed by atoms with Crippen molar-refractivity contribution in [1.29, 1.82) is 0 Å². The third-order valence-electron chi connectivity index (χ3n) is 4.24. The molecule has 4 nitrogen and oxygen atoms in total. The Morgan fingerprint density at radius 1 is 1.07 bits per heavy atom. The molecular weight excluding hydrogens is 374 g/mol. The van der Waals surface area contributed by atoms with Crippen LogP contribution in [-0.2, 0) is 6.54 Å². The highest BCUT2D eigenvalue weighted by molar-refractivity contribution is 8.00.